The second-order valence-corrected chi connectivity index (χ2v) is 6.13. The molecule has 0 aliphatic heterocycles. The largest absolute Gasteiger partial charge is 0.381 e. The Morgan fingerprint density at radius 1 is 1.47 bits per heavy atom. The Labute approximate surface area is 112 Å². The smallest absolute Gasteiger partial charge is 0.291 e. The Morgan fingerprint density at radius 3 is 2.79 bits per heavy atom. The molecule has 0 bridgehead atoms. The summed E-state index contributed by atoms with van der Waals surface area (Å²) in [4.78, 5) is 16.4. The molecule has 2 fully saturated rings. The van der Waals surface area contributed by atoms with E-state index in [1.165, 1.54) is 0 Å². The van der Waals surface area contributed by atoms with Gasteiger partial charge in [0.25, 0.3) is 5.91 Å². The fourth-order valence-electron chi connectivity index (χ4n) is 2.67. The summed E-state index contributed by atoms with van der Waals surface area (Å²) in [5.74, 6) is 1.37. The van der Waals surface area contributed by atoms with Crippen LogP contribution in [0.3, 0.4) is 0 Å². The molecule has 0 saturated heterocycles. The molecule has 6 heteroatoms. The molecular weight excluding hydrogens is 244 g/mol. The molecule has 0 spiro atoms. The third-order valence-electron chi connectivity index (χ3n) is 4.44. The Hall–Kier alpha value is -1.43. The number of ether oxygens (including phenoxy) is 1. The summed E-state index contributed by atoms with van der Waals surface area (Å²) in [7, 11) is 1.71. The van der Waals surface area contributed by atoms with E-state index in [0.717, 1.165) is 25.1 Å². The van der Waals surface area contributed by atoms with Crippen molar-refractivity contribution in [3.63, 3.8) is 0 Å². The summed E-state index contributed by atoms with van der Waals surface area (Å²) in [5, 5.41) is 9.84. The van der Waals surface area contributed by atoms with E-state index in [-0.39, 0.29) is 29.3 Å². The van der Waals surface area contributed by atoms with Crippen LogP contribution >= 0.6 is 0 Å². The Bertz CT molecular complexity index is 493. The van der Waals surface area contributed by atoms with E-state index < -0.39 is 0 Å². The molecule has 1 aromatic heterocycles. The maximum absolute atomic E-state index is 12.1. The monoisotopic (exact) mass is 264 g/mol. The van der Waals surface area contributed by atoms with Crippen molar-refractivity contribution < 1.29 is 9.53 Å². The van der Waals surface area contributed by atoms with E-state index in [2.05, 4.69) is 34.3 Å². The third-order valence-corrected chi connectivity index (χ3v) is 4.44. The Morgan fingerprint density at radius 2 is 2.21 bits per heavy atom. The normalized spacial score (nSPS) is 28.8. The van der Waals surface area contributed by atoms with Gasteiger partial charge in [0.15, 0.2) is 0 Å². The van der Waals surface area contributed by atoms with Crippen LogP contribution < -0.4 is 5.32 Å². The van der Waals surface area contributed by atoms with Gasteiger partial charge in [0.2, 0.25) is 5.82 Å². The predicted molar refractivity (Wildman–Crippen MR) is 68.8 cm³/mol. The Kier molecular flexibility index (Phi) is 2.85. The van der Waals surface area contributed by atoms with E-state index in [9.17, 15) is 4.79 Å². The summed E-state index contributed by atoms with van der Waals surface area (Å²) < 4.78 is 5.37. The fraction of sp³-hybridized carbons (Fsp3) is 0.769. The quantitative estimate of drug-likeness (QED) is 0.857. The number of amides is 1. The standard InChI is InChI=1S/C13H20N4O2/c1-13(2)8(6-9(13)19-3)14-12(18)11-15-10(16-17-11)7-4-5-7/h7-9H,4-6H2,1-3H3,(H,14,18)(H,15,16,17). The average molecular weight is 264 g/mol. The maximum Gasteiger partial charge on any atom is 0.291 e. The van der Waals surface area contributed by atoms with Gasteiger partial charge in [0.1, 0.15) is 5.82 Å². The molecule has 2 N–H and O–H groups in total. The highest BCUT2D eigenvalue weighted by molar-refractivity contribution is 5.90. The number of nitrogens with one attached hydrogen (secondary N) is 2. The lowest BCUT2D eigenvalue weighted by molar-refractivity contribution is -0.0943. The van der Waals surface area contributed by atoms with Gasteiger partial charge in [0, 0.05) is 24.5 Å². The van der Waals surface area contributed by atoms with E-state index in [4.69, 9.17) is 4.74 Å². The van der Waals surface area contributed by atoms with Crippen molar-refractivity contribution >= 4 is 5.91 Å². The zero-order valence-electron chi connectivity index (χ0n) is 11.6. The molecule has 2 aliphatic carbocycles. The molecule has 2 aliphatic rings. The van der Waals surface area contributed by atoms with Crippen molar-refractivity contribution in [2.24, 2.45) is 5.41 Å². The van der Waals surface area contributed by atoms with Crippen molar-refractivity contribution in [1.82, 2.24) is 20.5 Å². The van der Waals surface area contributed by atoms with Crippen molar-refractivity contribution in [3.05, 3.63) is 11.6 Å². The van der Waals surface area contributed by atoms with Gasteiger partial charge in [0.05, 0.1) is 6.10 Å². The van der Waals surface area contributed by atoms with Crippen LogP contribution in [0.2, 0.25) is 0 Å². The molecule has 19 heavy (non-hydrogen) atoms. The first-order chi connectivity index (χ1) is 9.02. The van der Waals surface area contributed by atoms with Gasteiger partial charge >= 0.3 is 0 Å². The van der Waals surface area contributed by atoms with Crippen LogP contribution in [0.4, 0.5) is 0 Å². The van der Waals surface area contributed by atoms with Gasteiger partial charge < -0.3 is 10.1 Å². The highest BCUT2D eigenvalue weighted by Gasteiger charge is 2.49. The zero-order valence-corrected chi connectivity index (χ0v) is 11.6. The number of rotatable bonds is 4. The molecular formula is C13H20N4O2. The number of H-pyrrole nitrogens is 1. The lowest BCUT2D eigenvalue weighted by Gasteiger charge is -2.51. The highest BCUT2D eigenvalue weighted by Crippen LogP contribution is 2.42. The molecule has 2 saturated carbocycles. The van der Waals surface area contributed by atoms with Crippen molar-refractivity contribution in [1.29, 1.82) is 0 Å². The molecule has 1 heterocycles. The molecule has 6 nitrogen and oxygen atoms in total. The Balaban J connectivity index is 1.62. The summed E-state index contributed by atoms with van der Waals surface area (Å²) in [6.07, 6.45) is 3.32. The molecule has 0 aromatic carbocycles. The number of carbonyl (C=O) groups is 1. The zero-order chi connectivity index (χ0) is 13.6. The maximum atomic E-state index is 12.1. The molecule has 1 amide bonds. The number of methoxy groups -OCH3 is 1. The van der Waals surface area contributed by atoms with Crippen LogP contribution in [0.25, 0.3) is 0 Å². The third kappa shape index (κ3) is 2.14. The van der Waals surface area contributed by atoms with Gasteiger partial charge in [-0.05, 0) is 19.3 Å². The summed E-state index contributed by atoms with van der Waals surface area (Å²) in [6, 6.07) is 0.118. The number of aromatic amines is 1. The minimum Gasteiger partial charge on any atom is -0.381 e. The van der Waals surface area contributed by atoms with Crippen molar-refractivity contribution in [2.45, 2.75) is 51.2 Å². The summed E-state index contributed by atoms with van der Waals surface area (Å²) in [5.41, 5.74) is -0.0416. The minimum absolute atomic E-state index is 0.0416. The first-order valence-electron chi connectivity index (χ1n) is 6.78. The summed E-state index contributed by atoms with van der Waals surface area (Å²) in [6.45, 7) is 4.20. The van der Waals surface area contributed by atoms with E-state index in [1.54, 1.807) is 7.11 Å². The van der Waals surface area contributed by atoms with Gasteiger partial charge in [-0.15, -0.1) is 5.10 Å². The van der Waals surface area contributed by atoms with E-state index in [1.807, 2.05) is 0 Å². The number of hydrogen-bond donors (Lipinski definition) is 2. The number of aromatic nitrogens is 3. The SMILES string of the molecule is COC1CC(NC(=O)c2n[nH]c(C3CC3)n2)C1(C)C. The molecule has 0 radical (unpaired) electrons. The van der Waals surface area contributed by atoms with Crippen LogP contribution in [-0.4, -0.2) is 40.3 Å². The number of nitrogens with zero attached hydrogens (tertiary/aromatic N) is 2. The predicted octanol–water partition coefficient (Wildman–Crippen LogP) is 1.23. The van der Waals surface area contributed by atoms with E-state index >= 15 is 0 Å². The lowest BCUT2D eigenvalue weighted by atomic mass is 9.64. The van der Waals surface area contributed by atoms with Gasteiger partial charge in [-0.2, -0.15) is 0 Å². The molecule has 1 aromatic rings. The van der Waals surface area contributed by atoms with Crippen LogP contribution in [0.1, 0.15) is 55.5 Å². The van der Waals surface area contributed by atoms with Crippen LogP contribution in [0, 0.1) is 5.41 Å². The highest BCUT2D eigenvalue weighted by atomic mass is 16.5. The van der Waals surface area contributed by atoms with Crippen molar-refractivity contribution in [3.8, 4) is 0 Å². The van der Waals surface area contributed by atoms with Gasteiger partial charge in [-0.1, -0.05) is 13.8 Å². The van der Waals surface area contributed by atoms with Gasteiger partial charge in [-0.3, -0.25) is 9.89 Å². The lowest BCUT2D eigenvalue weighted by Crippen LogP contribution is -2.61. The topological polar surface area (TPSA) is 79.9 Å². The number of carbonyl (C=O) groups excluding carboxylic acids is 1. The average Bonchev–Trinajstić information content (AvgIpc) is 3.11. The second-order valence-electron chi connectivity index (χ2n) is 6.13. The molecule has 2 unspecified atom stereocenters. The van der Waals surface area contributed by atoms with Crippen LogP contribution in [0.15, 0.2) is 0 Å². The first-order valence-corrected chi connectivity index (χ1v) is 6.78. The van der Waals surface area contributed by atoms with Crippen molar-refractivity contribution in [2.75, 3.05) is 7.11 Å². The molecule has 3 rings (SSSR count). The van der Waals surface area contributed by atoms with E-state index in [0.29, 0.717) is 5.92 Å². The van der Waals surface area contributed by atoms with Crippen LogP contribution in [0.5, 0.6) is 0 Å². The van der Waals surface area contributed by atoms with Gasteiger partial charge in [-0.25, -0.2) is 4.98 Å². The first kappa shape index (κ1) is 12.6. The minimum atomic E-state index is -0.198. The molecule has 104 valence electrons. The second kappa shape index (κ2) is 4.30. The van der Waals surface area contributed by atoms with Crippen LogP contribution in [-0.2, 0) is 4.74 Å². The fourth-order valence-corrected chi connectivity index (χ4v) is 2.67. The number of hydrogen-bond acceptors (Lipinski definition) is 4. The molecule has 2 atom stereocenters. The summed E-state index contributed by atoms with van der Waals surface area (Å²) >= 11 is 0.